The summed E-state index contributed by atoms with van der Waals surface area (Å²) in [6.45, 7) is 0.466. The van der Waals surface area contributed by atoms with E-state index in [2.05, 4.69) is 15.3 Å². The lowest BCUT2D eigenvalue weighted by molar-refractivity contribution is 0.0690. The van der Waals surface area contributed by atoms with E-state index in [0.717, 1.165) is 5.39 Å². The number of carbonyl (C=O) groups excluding carboxylic acids is 1. The summed E-state index contributed by atoms with van der Waals surface area (Å²) in [6, 6.07) is 8.48. The second-order valence-electron chi connectivity index (χ2n) is 5.63. The summed E-state index contributed by atoms with van der Waals surface area (Å²) in [4.78, 5) is 30.7. The standard InChI is InChI=1S/C18H18N4O3/c19-7-1-2-13-14-10-11(3-4-15(14)22-16(13)18(24)25)17(23)21-12-5-8-20-9-6-12/h3-6,8-10,22H,1-2,7,19H2,(H,24,25)(H,20,21,23). The van der Waals surface area contributed by atoms with E-state index in [-0.39, 0.29) is 11.6 Å². The van der Waals surface area contributed by atoms with Crippen LogP contribution in [0.5, 0.6) is 0 Å². The Morgan fingerprint density at radius 1 is 1.20 bits per heavy atom. The number of rotatable bonds is 6. The highest BCUT2D eigenvalue weighted by Gasteiger charge is 2.18. The van der Waals surface area contributed by atoms with Gasteiger partial charge in [0.2, 0.25) is 0 Å². The first-order valence-corrected chi connectivity index (χ1v) is 7.89. The second kappa shape index (κ2) is 7.14. The van der Waals surface area contributed by atoms with E-state index in [9.17, 15) is 14.7 Å². The maximum absolute atomic E-state index is 12.4. The Kier molecular flexibility index (Phi) is 4.76. The van der Waals surface area contributed by atoms with Gasteiger partial charge in [0.1, 0.15) is 5.69 Å². The molecule has 7 heteroatoms. The van der Waals surface area contributed by atoms with Gasteiger partial charge >= 0.3 is 5.97 Å². The molecule has 5 N–H and O–H groups in total. The van der Waals surface area contributed by atoms with Crippen molar-refractivity contribution in [3.05, 3.63) is 59.5 Å². The summed E-state index contributed by atoms with van der Waals surface area (Å²) in [7, 11) is 0. The molecule has 0 aliphatic heterocycles. The van der Waals surface area contributed by atoms with E-state index in [1.165, 1.54) is 0 Å². The lowest BCUT2D eigenvalue weighted by Gasteiger charge is -2.06. The largest absolute Gasteiger partial charge is 0.477 e. The Morgan fingerprint density at radius 3 is 2.64 bits per heavy atom. The number of benzene rings is 1. The first kappa shape index (κ1) is 16.7. The zero-order valence-electron chi connectivity index (χ0n) is 13.5. The molecule has 0 aliphatic rings. The number of carbonyl (C=O) groups is 2. The zero-order valence-corrected chi connectivity index (χ0v) is 13.5. The lowest BCUT2D eigenvalue weighted by atomic mass is 10.0. The summed E-state index contributed by atoms with van der Waals surface area (Å²) in [5.41, 5.74) is 8.15. The van der Waals surface area contributed by atoms with E-state index < -0.39 is 5.97 Å². The van der Waals surface area contributed by atoms with Crippen molar-refractivity contribution in [3.8, 4) is 0 Å². The maximum Gasteiger partial charge on any atom is 0.352 e. The molecule has 2 heterocycles. The predicted octanol–water partition coefficient (Wildman–Crippen LogP) is 2.40. The van der Waals surface area contributed by atoms with Crippen molar-refractivity contribution in [3.63, 3.8) is 0 Å². The number of aromatic carboxylic acids is 1. The number of H-pyrrole nitrogens is 1. The van der Waals surface area contributed by atoms with Crippen LogP contribution in [0.25, 0.3) is 10.9 Å². The monoisotopic (exact) mass is 338 g/mol. The number of nitrogens with one attached hydrogen (secondary N) is 2. The van der Waals surface area contributed by atoms with E-state index >= 15 is 0 Å². The Morgan fingerprint density at radius 2 is 1.96 bits per heavy atom. The molecule has 25 heavy (non-hydrogen) atoms. The van der Waals surface area contributed by atoms with Gasteiger partial charge in [-0.3, -0.25) is 9.78 Å². The molecule has 1 amide bonds. The van der Waals surface area contributed by atoms with Gasteiger partial charge in [-0.25, -0.2) is 4.79 Å². The van der Waals surface area contributed by atoms with Gasteiger partial charge in [-0.15, -0.1) is 0 Å². The second-order valence-corrected chi connectivity index (χ2v) is 5.63. The first-order valence-electron chi connectivity index (χ1n) is 7.89. The van der Waals surface area contributed by atoms with Gasteiger partial charge in [0.25, 0.3) is 5.91 Å². The number of hydrogen-bond donors (Lipinski definition) is 4. The number of aromatic nitrogens is 2. The van der Waals surface area contributed by atoms with Crippen molar-refractivity contribution >= 4 is 28.5 Å². The summed E-state index contributed by atoms with van der Waals surface area (Å²) in [5.74, 6) is -1.29. The molecule has 3 aromatic rings. The normalized spacial score (nSPS) is 10.8. The molecule has 0 saturated carbocycles. The van der Waals surface area contributed by atoms with E-state index in [0.29, 0.717) is 41.7 Å². The fourth-order valence-corrected chi connectivity index (χ4v) is 2.75. The van der Waals surface area contributed by atoms with Crippen molar-refractivity contribution in [2.24, 2.45) is 5.73 Å². The van der Waals surface area contributed by atoms with Crippen molar-refractivity contribution < 1.29 is 14.7 Å². The Labute approximate surface area is 143 Å². The van der Waals surface area contributed by atoms with Gasteiger partial charge in [0.15, 0.2) is 0 Å². The van der Waals surface area contributed by atoms with Crippen LogP contribution in [0.3, 0.4) is 0 Å². The number of nitrogens with zero attached hydrogens (tertiary/aromatic N) is 1. The molecular weight excluding hydrogens is 320 g/mol. The molecule has 128 valence electrons. The minimum Gasteiger partial charge on any atom is -0.477 e. The van der Waals surface area contributed by atoms with Crippen LogP contribution >= 0.6 is 0 Å². The van der Waals surface area contributed by atoms with Crippen molar-refractivity contribution in [1.29, 1.82) is 0 Å². The third-order valence-electron chi connectivity index (χ3n) is 3.95. The fraction of sp³-hybridized carbons (Fsp3) is 0.167. The molecule has 0 fully saturated rings. The number of carboxylic acid groups (broad SMARTS) is 1. The number of anilines is 1. The average molecular weight is 338 g/mol. The van der Waals surface area contributed by atoms with E-state index in [1.54, 1.807) is 42.7 Å². The third-order valence-corrected chi connectivity index (χ3v) is 3.95. The highest BCUT2D eigenvalue weighted by Crippen LogP contribution is 2.25. The molecule has 0 bridgehead atoms. The molecule has 1 aromatic carbocycles. The van der Waals surface area contributed by atoms with Crippen LogP contribution in [0.4, 0.5) is 5.69 Å². The molecule has 2 aromatic heterocycles. The molecule has 7 nitrogen and oxygen atoms in total. The average Bonchev–Trinajstić information content (AvgIpc) is 2.98. The molecule has 0 saturated heterocycles. The number of carboxylic acids is 1. The topological polar surface area (TPSA) is 121 Å². The number of fused-ring (bicyclic) bond motifs is 1. The highest BCUT2D eigenvalue weighted by atomic mass is 16.4. The summed E-state index contributed by atoms with van der Waals surface area (Å²) in [5, 5.41) is 12.9. The third kappa shape index (κ3) is 3.51. The molecular formula is C18H18N4O3. The first-order chi connectivity index (χ1) is 12.1. The van der Waals surface area contributed by atoms with Crippen molar-refractivity contribution in [1.82, 2.24) is 9.97 Å². The van der Waals surface area contributed by atoms with Crippen LogP contribution < -0.4 is 11.1 Å². The molecule has 0 radical (unpaired) electrons. The Bertz CT molecular complexity index is 919. The maximum atomic E-state index is 12.4. The number of hydrogen-bond acceptors (Lipinski definition) is 4. The molecule has 0 unspecified atom stereocenters. The van der Waals surface area contributed by atoms with Crippen molar-refractivity contribution in [2.45, 2.75) is 12.8 Å². The number of nitrogens with two attached hydrogens (primary N) is 1. The van der Waals surface area contributed by atoms with Gasteiger partial charge in [0.05, 0.1) is 0 Å². The van der Waals surface area contributed by atoms with Crippen LogP contribution in [0.2, 0.25) is 0 Å². The molecule has 3 rings (SSSR count). The number of aryl methyl sites for hydroxylation is 1. The van der Waals surface area contributed by atoms with E-state index in [1.807, 2.05) is 0 Å². The predicted molar refractivity (Wildman–Crippen MR) is 94.8 cm³/mol. The quantitative estimate of drug-likeness (QED) is 0.550. The zero-order chi connectivity index (χ0) is 17.8. The van der Waals surface area contributed by atoms with Crippen LogP contribution in [0.1, 0.15) is 32.8 Å². The summed E-state index contributed by atoms with van der Waals surface area (Å²) < 4.78 is 0. The lowest BCUT2D eigenvalue weighted by Crippen LogP contribution is -2.11. The molecule has 0 spiro atoms. The number of pyridine rings is 1. The van der Waals surface area contributed by atoms with Gasteiger partial charge in [-0.2, -0.15) is 0 Å². The van der Waals surface area contributed by atoms with Crippen LogP contribution in [0.15, 0.2) is 42.7 Å². The summed E-state index contributed by atoms with van der Waals surface area (Å²) in [6.07, 6.45) is 4.39. The van der Waals surface area contributed by atoms with E-state index in [4.69, 9.17) is 5.73 Å². The van der Waals surface area contributed by atoms with Gasteiger partial charge in [-0.05, 0) is 55.3 Å². The molecule has 0 aliphatic carbocycles. The van der Waals surface area contributed by atoms with Gasteiger partial charge in [-0.1, -0.05) is 0 Å². The van der Waals surface area contributed by atoms with Crippen molar-refractivity contribution in [2.75, 3.05) is 11.9 Å². The number of aromatic amines is 1. The number of amides is 1. The van der Waals surface area contributed by atoms with Crippen LogP contribution in [-0.2, 0) is 6.42 Å². The van der Waals surface area contributed by atoms with Gasteiger partial charge in [0, 0.05) is 34.5 Å². The smallest absolute Gasteiger partial charge is 0.352 e. The van der Waals surface area contributed by atoms with Crippen LogP contribution in [-0.4, -0.2) is 33.5 Å². The minimum absolute atomic E-state index is 0.148. The minimum atomic E-state index is -1.02. The summed E-state index contributed by atoms with van der Waals surface area (Å²) >= 11 is 0. The van der Waals surface area contributed by atoms with Gasteiger partial charge < -0.3 is 21.1 Å². The molecule has 0 atom stereocenters. The van der Waals surface area contributed by atoms with Crippen LogP contribution in [0, 0.1) is 0 Å². The highest BCUT2D eigenvalue weighted by molar-refractivity contribution is 6.07. The fourth-order valence-electron chi connectivity index (χ4n) is 2.75. The Balaban J connectivity index is 1.97. The SMILES string of the molecule is NCCCc1c(C(=O)O)[nH]c2ccc(C(=O)Nc3ccncc3)cc12. The Hall–Kier alpha value is -3.19.